The van der Waals surface area contributed by atoms with Gasteiger partial charge in [0.15, 0.2) is 0 Å². The van der Waals surface area contributed by atoms with Gasteiger partial charge in [-0.2, -0.15) is 23.3 Å². The van der Waals surface area contributed by atoms with Crippen LogP contribution < -0.4 is 15.6 Å². The molecule has 1 aliphatic heterocycles. The number of alkyl halides is 3. The van der Waals surface area contributed by atoms with Gasteiger partial charge in [0, 0.05) is 50.2 Å². The Morgan fingerprint density at radius 1 is 1.06 bits per heavy atom. The summed E-state index contributed by atoms with van der Waals surface area (Å²) in [6.45, 7) is 6.05. The van der Waals surface area contributed by atoms with Crippen LogP contribution in [0.5, 0.6) is 0 Å². The van der Waals surface area contributed by atoms with Crippen LogP contribution in [0.3, 0.4) is 0 Å². The Bertz CT molecular complexity index is 1180. The van der Waals surface area contributed by atoms with E-state index in [0.717, 1.165) is 49.8 Å². The molecule has 3 N–H and O–H groups in total. The van der Waals surface area contributed by atoms with Crippen molar-refractivity contribution in [1.29, 1.82) is 0 Å². The number of aryl methyl sites for hydroxylation is 1. The van der Waals surface area contributed by atoms with Gasteiger partial charge in [-0.15, -0.1) is 0 Å². The van der Waals surface area contributed by atoms with E-state index in [1.54, 1.807) is 18.2 Å². The maximum Gasteiger partial charge on any atom is 0.416 e. The second-order valence-corrected chi connectivity index (χ2v) is 8.29. The Labute approximate surface area is 206 Å². The largest absolute Gasteiger partial charge is 0.416 e. The first kappa shape index (κ1) is 25.3. The van der Waals surface area contributed by atoms with Crippen molar-refractivity contribution >= 4 is 29.4 Å². The van der Waals surface area contributed by atoms with E-state index in [1.165, 1.54) is 18.5 Å². The molecule has 4 rings (SSSR count). The zero-order valence-corrected chi connectivity index (χ0v) is 19.7. The topological polar surface area (TPSA) is 102 Å². The minimum atomic E-state index is -4.40. The number of nitrogens with one attached hydrogen (secondary N) is 2. The van der Waals surface area contributed by atoms with Gasteiger partial charge in [0.05, 0.1) is 36.0 Å². The SMILES string of the molecule is Cc1cc(N2CCN(CCO)CC2)nc(N/N=C/c2ccc(Nc3cccc(C(F)(F)F)c3)cn2)n1. The molecule has 1 aromatic carbocycles. The van der Waals surface area contributed by atoms with Gasteiger partial charge in [0.1, 0.15) is 5.82 Å². The fourth-order valence-corrected chi connectivity index (χ4v) is 3.76. The van der Waals surface area contributed by atoms with Crippen LogP contribution in [-0.4, -0.2) is 70.5 Å². The number of hydrogen-bond acceptors (Lipinski definition) is 9. The Morgan fingerprint density at radius 2 is 1.86 bits per heavy atom. The van der Waals surface area contributed by atoms with Crippen LogP contribution in [0.4, 0.5) is 36.3 Å². The van der Waals surface area contributed by atoms with E-state index in [-0.39, 0.29) is 6.61 Å². The zero-order valence-electron chi connectivity index (χ0n) is 19.7. The third-order valence-corrected chi connectivity index (χ3v) is 5.58. The Balaban J connectivity index is 1.34. The lowest BCUT2D eigenvalue weighted by Gasteiger charge is -2.35. The molecule has 0 aliphatic carbocycles. The lowest BCUT2D eigenvalue weighted by molar-refractivity contribution is -0.137. The second-order valence-electron chi connectivity index (χ2n) is 8.29. The molecule has 12 heteroatoms. The van der Waals surface area contributed by atoms with Gasteiger partial charge < -0.3 is 15.3 Å². The zero-order chi connectivity index (χ0) is 25.5. The van der Waals surface area contributed by atoms with Crippen molar-refractivity contribution in [3.05, 3.63) is 65.6 Å². The first-order chi connectivity index (χ1) is 17.3. The summed E-state index contributed by atoms with van der Waals surface area (Å²) in [5.41, 5.74) is 4.32. The van der Waals surface area contributed by atoms with E-state index < -0.39 is 11.7 Å². The summed E-state index contributed by atoms with van der Waals surface area (Å²) in [6, 6.07) is 10.3. The van der Waals surface area contributed by atoms with Gasteiger partial charge in [0.2, 0.25) is 5.95 Å². The molecule has 0 saturated carbocycles. The van der Waals surface area contributed by atoms with Crippen molar-refractivity contribution in [2.45, 2.75) is 13.1 Å². The molecule has 3 aromatic rings. The van der Waals surface area contributed by atoms with Crippen LogP contribution in [0.2, 0.25) is 0 Å². The summed E-state index contributed by atoms with van der Waals surface area (Å²) in [7, 11) is 0. The molecule has 9 nitrogen and oxygen atoms in total. The predicted octanol–water partition coefficient (Wildman–Crippen LogP) is 3.50. The van der Waals surface area contributed by atoms with E-state index in [0.29, 0.717) is 29.6 Å². The molecule has 1 fully saturated rings. The van der Waals surface area contributed by atoms with Crippen LogP contribution in [0.15, 0.2) is 53.8 Å². The van der Waals surface area contributed by atoms with E-state index in [1.807, 2.05) is 13.0 Å². The number of aliphatic hydroxyl groups excluding tert-OH is 1. The molecule has 2 aromatic heterocycles. The van der Waals surface area contributed by atoms with Crippen LogP contribution in [0.25, 0.3) is 0 Å². The van der Waals surface area contributed by atoms with Crippen LogP contribution in [0, 0.1) is 6.92 Å². The third kappa shape index (κ3) is 6.89. The van der Waals surface area contributed by atoms with E-state index in [4.69, 9.17) is 5.11 Å². The molecular formula is C24H27F3N8O. The summed E-state index contributed by atoms with van der Waals surface area (Å²) in [4.78, 5) is 17.6. The van der Waals surface area contributed by atoms with Gasteiger partial charge in [-0.25, -0.2) is 10.4 Å². The standard InChI is InChI=1S/C24H27F3N8O/c1-17-13-22(35-9-7-34(8-10-35)11-12-36)32-23(30-17)33-29-16-20-5-6-21(15-28-20)31-19-4-2-3-18(14-19)24(25,26)27/h2-6,13-16,31,36H,7-12H2,1H3,(H,30,32,33)/b29-16+. The van der Waals surface area contributed by atoms with Crippen LogP contribution >= 0.6 is 0 Å². The first-order valence-electron chi connectivity index (χ1n) is 11.4. The highest BCUT2D eigenvalue weighted by Gasteiger charge is 2.30. The molecular weight excluding hydrogens is 473 g/mol. The van der Waals surface area contributed by atoms with Gasteiger partial charge in [-0.05, 0) is 37.3 Å². The van der Waals surface area contributed by atoms with Gasteiger partial charge in [-0.1, -0.05) is 6.07 Å². The molecule has 3 heterocycles. The van der Waals surface area contributed by atoms with Crippen molar-refractivity contribution < 1.29 is 18.3 Å². The number of pyridine rings is 1. The smallest absolute Gasteiger partial charge is 0.395 e. The van der Waals surface area contributed by atoms with Gasteiger partial charge >= 0.3 is 6.18 Å². The molecule has 190 valence electrons. The maximum atomic E-state index is 12.9. The number of hydrazone groups is 1. The van der Waals surface area contributed by atoms with Crippen molar-refractivity contribution in [3.8, 4) is 0 Å². The molecule has 1 saturated heterocycles. The normalized spacial score (nSPS) is 14.9. The molecule has 0 radical (unpaired) electrons. The van der Waals surface area contributed by atoms with E-state index in [2.05, 4.69) is 40.6 Å². The maximum absolute atomic E-state index is 12.9. The molecule has 0 atom stereocenters. The number of rotatable bonds is 8. The number of benzene rings is 1. The highest BCUT2D eigenvalue weighted by atomic mass is 19.4. The molecule has 1 aliphatic rings. The van der Waals surface area contributed by atoms with Crippen molar-refractivity contribution in [1.82, 2.24) is 19.9 Å². The quantitative estimate of drug-likeness (QED) is 0.319. The van der Waals surface area contributed by atoms with Crippen molar-refractivity contribution in [3.63, 3.8) is 0 Å². The molecule has 0 amide bonds. The highest BCUT2D eigenvalue weighted by molar-refractivity contribution is 5.78. The van der Waals surface area contributed by atoms with Crippen molar-refractivity contribution in [2.75, 3.05) is 55.0 Å². The van der Waals surface area contributed by atoms with Crippen LogP contribution in [-0.2, 0) is 6.18 Å². The van der Waals surface area contributed by atoms with Crippen molar-refractivity contribution in [2.24, 2.45) is 5.10 Å². The summed E-state index contributed by atoms with van der Waals surface area (Å²) in [6.07, 6.45) is -1.38. The van der Waals surface area contributed by atoms with E-state index in [9.17, 15) is 13.2 Å². The minimum absolute atomic E-state index is 0.155. The third-order valence-electron chi connectivity index (χ3n) is 5.58. The number of halogens is 3. The number of piperazine rings is 1. The number of β-amino-alcohol motifs (C(OH)–C–C–N with tert-alkyl or cyclic N) is 1. The Kier molecular flexibility index (Phi) is 7.96. The number of nitrogens with zero attached hydrogens (tertiary/aromatic N) is 6. The fraction of sp³-hybridized carbons (Fsp3) is 0.333. The molecule has 0 bridgehead atoms. The van der Waals surface area contributed by atoms with Crippen LogP contribution in [0.1, 0.15) is 17.0 Å². The summed E-state index contributed by atoms with van der Waals surface area (Å²) < 4.78 is 38.7. The van der Waals surface area contributed by atoms with E-state index >= 15 is 0 Å². The Hall–Kier alpha value is -3.77. The number of aliphatic hydroxyl groups is 1. The lowest BCUT2D eigenvalue weighted by atomic mass is 10.2. The number of hydrogen-bond donors (Lipinski definition) is 3. The number of aromatic nitrogens is 3. The average molecular weight is 501 g/mol. The van der Waals surface area contributed by atoms with Gasteiger partial charge in [0.25, 0.3) is 0 Å². The minimum Gasteiger partial charge on any atom is -0.395 e. The summed E-state index contributed by atoms with van der Waals surface area (Å²) >= 11 is 0. The Morgan fingerprint density at radius 3 is 2.56 bits per heavy atom. The lowest BCUT2D eigenvalue weighted by Crippen LogP contribution is -2.47. The predicted molar refractivity (Wildman–Crippen MR) is 133 cm³/mol. The second kappa shape index (κ2) is 11.3. The van der Waals surface area contributed by atoms with Gasteiger partial charge in [-0.3, -0.25) is 9.88 Å². The molecule has 0 unspecified atom stereocenters. The first-order valence-corrected chi connectivity index (χ1v) is 11.4. The molecule has 36 heavy (non-hydrogen) atoms. The molecule has 0 spiro atoms. The number of anilines is 4. The summed E-state index contributed by atoms with van der Waals surface area (Å²) in [5, 5.41) is 16.2. The fourth-order valence-electron chi connectivity index (χ4n) is 3.76. The average Bonchev–Trinajstić information content (AvgIpc) is 2.85. The monoisotopic (exact) mass is 500 g/mol. The highest BCUT2D eigenvalue weighted by Crippen LogP contribution is 2.31. The summed E-state index contributed by atoms with van der Waals surface area (Å²) in [5.74, 6) is 1.17.